The molecule has 4 rings (SSSR count). The third-order valence-electron chi connectivity index (χ3n) is 6.00. The molecule has 0 bridgehead atoms. The Balaban J connectivity index is 1.82. The van der Waals surface area contributed by atoms with E-state index >= 15 is 0 Å². The van der Waals surface area contributed by atoms with Gasteiger partial charge in [0, 0.05) is 37.2 Å². The molecule has 2 heterocycles. The summed E-state index contributed by atoms with van der Waals surface area (Å²) in [6, 6.07) is 5.63. The van der Waals surface area contributed by atoms with Gasteiger partial charge in [-0.15, -0.1) is 0 Å². The van der Waals surface area contributed by atoms with Crippen LogP contribution in [0.5, 0.6) is 0 Å². The molecule has 1 aliphatic carbocycles. The minimum Gasteiger partial charge on any atom is -0.362 e. The number of benzene rings is 1. The molecule has 152 valence electrons. The summed E-state index contributed by atoms with van der Waals surface area (Å²) in [5.74, 6) is 1.25. The normalized spacial score (nSPS) is 23.3. The fraction of sp³-hybridized carbons (Fsp3) is 0.455. The number of anilines is 2. The van der Waals surface area contributed by atoms with Crippen molar-refractivity contribution in [2.45, 2.75) is 45.7 Å². The molecule has 0 saturated heterocycles. The SMILES string of the molecule is CNC(=O)c1ccc2c(c1)C(Nc1cnc(C)cn1)[C@@H](C)C(C1CC1)N2C(C)=O. The first-order chi connectivity index (χ1) is 13.9. The van der Waals surface area contributed by atoms with Crippen LogP contribution in [0.3, 0.4) is 0 Å². The molecule has 2 amide bonds. The predicted octanol–water partition coefficient (Wildman–Crippen LogP) is 3.08. The van der Waals surface area contributed by atoms with Crippen molar-refractivity contribution < 1.29 is 9.59 Å². The van der Waals surface area contributed by atoms with Crippen LogP contribution in [0.4, 0.5) is 11.5 Å². The first-order valence-corrected chi connectivity index (χ1v) is 10.1. The van der Waals surface area contributed by atoms with Crippen LogP contribution in [0.1, 0.15) is 54.3 Å². The van der Waals surface area contributed by atoms with Gasteiger partial charge in [-0.3, -0.25) is 14.6 Å². The second-order valence-electron chi connectivity index (χ2n) is 8.09. The molecule has 2 aliphatic rings. The van der Waals surface area contributed by atoms with E-state index in [9.17, 15) is 9.59 Å². The molecule has 0 spiro atoms. The number of nitrogens with one attached hydrogen (secondary N) is 2. The Morgan fingerprint density at radius 1 is 1.17 bits per heavy atom. The number of nitrogens with zero attached hydrogens (tertiary/aromatic N) is 3. The molecular weight excluding hydrogens is 366 g/mol. The maximum Gasteiger partial charge on any atom is 0.251 e. The lowest BCUT2D eigenvalue weighted by molar-refractivity contribution is -0.117. The van der Waals surface area contributed by atoms with Gasteiger partial charge in [-0.05, 0) is 49.4 Å². The predicted molar refractivity (Wildman–Crippen MR) is 112 cm³/mol. The van der Waals surface area contributed by atoms with Crippen molar-refractivity contribution in [1.82, 2.24) is 15.3 Å². The Morgan fingerprint density at radius 2 is 1.93 bits per heavy atom. The van der Waals surface area contributed by atoms with Crippen molar-refractivity contribution in [3.05, 3.63) is 47.4 Å². The molecule has 1 fully saturated rings. The summed E-state index contributed by atoms with van der Waals surface area (Å²) >= 11 is 0. The van der Waals surface area contributed by atoms with Gasteiger partial charge >= 0.3 is 0 Å². The van der Waals surface area contributed by atoms with Gasteiger partial charge in [0.05, 0.1) is 24.1 Å². The lowest BCUT2D eigenvalue weighted by atomic mass is 9.79. The second kappa shape index (κ2) is 7.46. The van der Waals surface area contributed by atoms with E-state index in [-0.39, 0.29) is 29.8 Å². The fourth-order valence-corrected chi connectivity index (χ4v) is 4.48. The van der Waals surface area contributed by atoms with E-state index < -0.39 is 0 Å². The van der Waals surface area contributed by atoms with Crippen molar-refractivity contribution in [2.75, 3.05) is 17.3 Å². The standard InChI is InChI=1S/C22H27N5O2/c1-12-10-25-19(11-24-12)26-20-13(2)21(15-5-6-15)27(14(3)28)18-8-7-16(9-17(18)20)22(29)23-4/h7-11,13,15,20-21H,5-6H2,1-4H3,(H,23,29)(H,25,26)/t13-,20?,21?/m1/s1. The molecule has 1 aromatic carbocycles. The van der Waals surface area contributed by atoms with E-state index in [2.05, 4.69) is 27.5 Å². The number of rotatable bonds is 4. The maximum absolute atomic E-state index is 12.6. The molecule has 7 nitrogen and oxygen atoms in total. The van der Waals surface area contributed by atoms with E-state index in [1.807, 2.05) is 24.0 Å². The van der Waals surface area contributed by atoms with Crippen molar-refractivity contribution in [3.8, 4) is 0 Å². The molecule has 0 radical (unpaired) electrons. The molecule has 29 heavy (non-hydrogen) atoms. The summed E-state index contributed by atoms with van der Waals surface area (Å²) in [4.78, 5) is 35.6. The van der Waals surface area contributed by atoms with Crippen molar-refractivity contribution in [3.63, 3.8) is 0 Å². The number of fused-ring (bicyclic) bond motifs is 1. The summed E-state index contributed by atoms with van der Waals surface area (Å²) in [6.07, 6.45) is 5.74. The van der Waals surface area contributed by atoms with Gasteiger partial charge in [-0.2, -0.15) is 0 Å². The molecule has 2 unspecified atom stereocenters. The summed E-state index contributed by atoms with van der Waals surface area (Å²) in [7, 11) is 1.62. The van der Waals surface area contributed by atoms with Crippen LogP contribution in [0.25, 0.3) is 0 Å². The summed E-state index contributed by atoms with van der Waals surface area (Å²) in [6.45, 7) is 5.70. The average Bonchev–Trinajstić information content (AvgIpc) is 3.54. The molecule has 3 atom stereocenters. The molecular formula is C22H27N5O2. The van der Waals surface area contributed by atoms with Crippen molar-refractivity contribution >= 4 is 23.3 Å². The highest BCUT2D eigenvalue weighted by Crippen LogP contribution is 2.50. The number of aromatic nitrogens is 2. The highest BCUT2D eigenvalue weighted by atomic mass is 16.2. The zero-order valence-corrected chi connectivity index (χ0v) is 17.3. The third kappa shape index (κ3) is 3.57. The van der Waals surface area contributed by atoms with Crippen molar-refractivity contribution in [1.29, 1.82) is 0 Å². The average molecular weight is 393 g/mol. The quantitative estimate of drug-likeness (QED) is 0.834. The fourth-order valence-electron chi connectivity index (χ4n) is 4.48. The lowest BCUT2D eigenvalue weighted by Gasteiger charge is -2.46. The first kappa shape index (κ1) is 19.4. The number of carbonyl (C=O) groups excluding carboxylic acids is 2. The van der Waals surface area contributed by atoms with Gasteiger partial charge in [0.15, 0.2) is 0 Å². The summed E-state index contributed by atoms with van der Waals surface area (Å²) in [5.41, 5.74) is 3.24. The number of amides is 2. The van der Waals surface area contributed by atoms with Gasteiger partial charge in [0.25, 0.3) is 5.91 Å². The Morgan fingerprint density at radius 3 is 2.52 bits per heavy atom. The van der Waals surface area contributed by atoms with E-state index in [0.29, 0.717) is 17.3 Å². The lowest BCUT2D eigenvalue weighted by Crippen LogP contribution is -2.51. The van der Waals surface area contributed by atoms with Gasteiger partial charge in [-0.1, -0.05) is 6.92 Å². The van der Waals surface area contributed by atoms with Crippen LogP contribution in [0.2, 0.25) is 0 Å². The van der Waals surface area contributed by atoms with Crippen LogP contribution in [-0.2, 0) is 4.79 Å². The zero-order chi connectivity index (χ0) is 20.7. The molecule has 2 N–H and O–H groups in total. The second-order valence-corrected chi connectivity index (χ2v) is 8.09. The van der Waals surface area contributed by atoms with Crippen LogP contribution in [-0.4, -0.2) is 34.9 Å². The summed E-state index contributed by atoms with van der Waals surface area (Å²) < 4.78 is 0. The molecule has 2 aromatic rings. The number of hydrogen-bond acceptors (Lipinski definition) is 5. The van der Waals surface area contributed by atoms with Gasteiger partial charge in [0.1, 0.15) is 5.82 Å². The molecule has 1 saturated carbocycles. The van der Waals surface area contributed by atoms with Gasteiger partial charge in [-0.25, -0.2) is 4.98 Å². The summed E-state index contributed by atoms with van der Waals surface area (Å²) in [5, 5.41) is 6.21. The van der Waals surface area contributed by atoms with Crippen molar-refractivity contribution in [2.24, 2.45) is 11.8 Å². The van der Waals surface area contributed by atoms with E-state index in [1.165, 1.54) is 0 Å². The van der Waals surface area contributed by atoms with E-state index in [4.69, 9.17) is 0 Å². The number of hydrogen-bond donors (Lipinski definition) is 2. The van der Waals surface area contributed by atoms with Crippen LogP contribution < -0.4 is 15.5 Å². The smallest absolute Gasteiger partial charge is 0.251 e. The van der Waals surface area contributed by atoms with E-state index in [0.717, 1.165) is 29.8 Å². The minimum absolute atomic E-state index is 0.0382. The van der Waals surface area contributed by atoms with Gasteiger partial charge in [0.2, 0.25) is 5.91 Å². The molecule has 7 heteroatoms. The number of carbonyl (C=O) groups is 2. The topological polar surface area (TPSA) is 87.2 Å². The Bertz CT molecular complexity index is 939. The van der Waals surface area contributed by atoms with E-state index in [1.54, 1.807) is 32.4 Å². The number of aryl methyl sites for hydroxylation is 1. The minimum atomic E-state index is -0.145. The highest BCUT2D eigenvalue weighted by Gasteiger charge is 2.47. The Hall–Kier alpha value is -2.96. The maximum atomic E-state index is 12.6. The largest absolute Gasteiger partial charge is 0.362 e. The zero-order valence-electron chi connectivity index (χ0n) is 17.3. The third-order valence-corrected chi connectivity index (χ3v) is 6.00. The molecule has 1 aliphatic heterocycles. The molecule has 1 aromatic heterocycles. The Kier molecular flexibility index (Phi) is 4.98. The van der Waals surface area contributed by atoms with Crippen LogP contribution >= 0.6 is 0 Å². The van der Waals surface area contributed by atoms with Gasteiger partial charge < -0.3 is 15.5 Å². The van der Waals surface area contributed by atoms with Crippen LogP contribution in [0.15, 0.2) is 30.6 Å². The first-order valence-electron chi connectivity index (χ1n) is 10.1. The monoisotopic (exact) mass is 393 g/mol. The Labute approximate surface area is 170 Å². The highest BCUT2D eigenvalue weighted by molar-refractivity contribution is 5.98. The van der Waals surface area contributed by atoms with Crippen LogP contribution in [0, 0.1) is 18.8 Å².